The maximum absolute atomic E-state index is 8.67. The largest absolute Gasteiger partial charge is 0.389 e. The second-order valence-electron chi connectivity index (χ2n) is 2.90. The van der Waals surface area contributed by atoms with E-state index < -0.39 is 0 Å². The van der Waals surface area contributed by atoms with E-state index in [0.29, 0.717) is 5.82 Å². The molecular formula is C10H10N4S. The zero-order valence-corrected chi connectivity index (χ0v) is 9.01. The molecule has 1 aromatic rings. The SMILES string of the molecule is Cc1ccc(NC=C(C#N)C(N)=S)nc1. The first-order valence-electron chi connectivity index (χ1n) is 4.22. The lowest BCUT2D eigenvalue weighted by Crippen LogP contribution is -2.11. The molecule has 0 aromatic carbocycles. The van der Waals surface area contributed by atoms with Crippen LogP contribution < -0.4 is 11.1 Å². The minimum Gasteiger partial charge on any atom is -0.389 e. The van der Waals surface area contributed by atoms with Gasteiger partial charge in [0, 0.05) is 12.4 Å². The fraction of sp³-hybridized carbons (Fsp3) is 0.100. The van der Waals surface area contributed by atoms with Gasteiger partial charge in [0.25, 0.3) is 0 Å². The molecule has 0 spiro atoms. The van der Waals surface area contributed by atoms with Gasteiger partial charge in [-0.25, -0.2) is 4.98 Å². The van der Waals surface area contributed by atoms with Gasteiger partial charge in [0.1, 0.15) is 22.4 Å². The number of aromatic nitrogens is 1. The predicted octanol–water partition coefficient (Wildman–Crippen LogP) is 1.50. The lowest BCUT2D eigenvalue weighted by Gasteiger charge is -2.00. The monoisotopic (exact) mass is 218 g/mol. The average Bonchev–Trinajstić information content (AvgIpc) is 2.21. The molecule has 1 heterocycles. The molecule has 15 heavy (non-hydrogen) atoms. The first-order valence-corrected chi connectivity index (χ1v) is 4.63. The van der Waals surface area contributed by atoms with Gasteiger partial charge >= 0.3 is 0 Å². The van der Waals surface area contributed by atoms with E-state index in [4.69, 9.17) is 11.0 Å². The maximum atomic E-state index is 8.67. The van der Waals surface area contributed by atoms with Crippen molar-refractivity contribution in [1.29, 1.82) is 5.26 Å². The van der Waals surface area contributed by atoms with E-state index in [1.54, 1.807) is 12.3 Å². The summed E-state index contributed by atoms with van der Waals surface area (Å²) in [5, 5.41) is 11.5. The molecule has 0 amide bonds. The van der Waals surface area contributed by atoms with Crippen LogP contribution in [0.2, 0.25) is 0 Å². The normalized spacial score (nSPS) is 10.5. The molecule has 4 nitrogen and oxygen atoms in total. The third-order valence-electron chi connectivity index (χ3n) is 1.66. The summed E-state index contributed by atoms with van der Waals surface area (Å²) in [6, 6.07) is 5.61. The number of nitriles is 1. The van der Waals surface area contributed by atoms with Crippen LogP contribution in [0.25, 0.3) is 0 Å². The number of hydrogen-bond acceptors (Lipinski definition) is 4. The maximum Gasteiger partial charge on any atom is 0.129 e. The van der Waals surface area contributed by atoms with Crippen LogP contribution in [0.4, 0.5) is 5.82 Å². The van der Waals surface area contributed by atoms with Gasteiger partial charge in [-0.2, -0.15) is 5.26 Å². The molecule has 0 bridgehead atoms. The summed E-state index contributed by atoms with van der Waals surface area (Å²) in [5.41, 5.74) is 6.61. The average molecular weight is 218 g/mol. The third kappa shape index (κ3) is 3.37. The topological polar surface area (TPSA) is 74.7 Å². The number of hydrogen-bond donors (Lipinski definition) is 2. The summed E-state index contributed by atoms with van der Waals surface area (Å²) in [6.45, 7) is 1.95. The van der Waals surface area contributed by atoms with Crippen molar-refractivity contribution >= 4 is 23.0 Å². The number of nitrogens with one attached hydrogen (secondary N) is 1. The van der Waals surface area contributed by atoms with Crippen molar-refractivity contribution in [3.05, 3.63) is 35.7 Å². The fourth-order valence-electron chi connectivity index (χ4n) is 0.858. The van der Waals surface area contributed by atoms with Crippen LogP contribution in [0.3, 0.4) is 0 Å². The highest BCUT2D eigenvalue weighted by atomic mass is 32.1. The Morgan fingerprint density at radius 3 is 2.87 bits per heavy atom. The van der Waals surface area contributed by atoms with Gasteiger partial charge in [0.15, 0.2) is 0 Å². The number of thiocarbonyl (C=S) groups is 1. The Bertz CT molecular complexity index is 428. The van der Waals surface area contributed by atoms with Crippen molar-refractivity contribution < 1.29 is 0 Å². The molecule has 1 aromatic heterocycles. The van der Waals surface area contributed by atoms with Gasteiger partial charge in [-0.3, -0.25) is 0 Å². The molecule has 0 fully saturated rings. The molecule has 0 atom stereocenters. The van der Waals surface area contributed by atoms with Gasteiger partial charge in [-0.15, -0.1) is 0 Å². The molecule has 0 aliphatic rings. The number of aryl methyl sites for hydroxylation is 1. The van der Waals surface area contributed by atoms with Gasteiger partial charge in [0.2, 0.25) is 0 Å². The molecule has 0 unspecified atom stereocenters. The van der Waals surface area contributed by atoms with Crippen LogP contribution in [0.15, 0.2) is 30.1 Å². The highest BCUT2D eigenvalue weighted by Gasteiger charge is 1.98. The lowest BCUT2D eigenvalue weighted by molar-refractivity contribution is 1.26. The number of anilines is 1. The van der Waals surface area contributed by atoms with Crippen LogP contribution in [0.1, 0.15) is 5.56 Å². The quantitative estimate of drug-likeness (QED) is 0.457. The highest BCUT2D eigenvalue weighted by molar-refractivity contribution is 7.80. The van der Waals surface area contributed by atoms with E-state index >= 15 is 0 Å². The Morgan fingerprint density at radius 2 is 2.40 bits per heavy atom. The second-order valence-corrected chi connectivity index (χ2v) is 3.34. The fourth-order valence-corrected chi connectivity index (χ4v) is 0.962. The summed E-state index contributed by atoms with van der Waals surface area (Å²) in [5.74, 6) is 0.643. The van der Waals surface area contributed by atoms with Gasteiger partial charge < -0.3 is 11.1 Å². The number of nitrogens with two attached hydrogens (primary N) is 1. The second kappa shape index (κ2) is 5.08. The van der Waals surface area contributed by atoms with Gasteiger partial charge in [0.05, 0.1) is 0 Å². The lowest BCUT2D eigenvalue weighted by atomic mass is 10.3. The van der Waals surface area contributed by atoms with Crippen molar-refractivity contribution in [3.8, 4) is 6.07 Å². The minimum absolute atomic E-state index is 0.0668. The van der Waals surface area contributed by atoms with E-state index in [9.17, 15) is 0 Å². The Balaban J connectivity index is 2.76. The Kier molecular flexibility index (Phi) is 3.77. The Labute approximate surface area is 93.4 Å². The van der Waals surface area contributed by atoms with Crippen LogP contribution >= 0.6 is 12.2 Å². The predicted molar refractivity (Wildman–Crippen MR) is 63.1 cm³/mol. The summed E-state index contributed by atoms with van der Waals surface area (Å²) in [4.78, 5) is 4.16. The van der Waals surface area contributed by atoms with E-state index in [0.717, 1.165) is 5.56 Å². The molecule has 0 saturated heterocycles. The molecule has 5 heteroatoms. The third-order valence-corrected chi connectivity index (χ3v) is 1.88. The smallest absolute Gasteiger partial charge is 0.129 e. The number of pyridine rings is 1. The molecular weight excluding hydrogens is 208 g/mol. The Morgan fingerprint density at radius 1 is 1.67 bits per heavy atom. The van der Waals surface area contributed by atoms with Crippen molar-refractivity contribution in [2.24, 2.45) is 5.73 Å². The highest BCUT2D eigenvalue weighted by Crippen LogP contribution is 2.04. The van der Waals surface area contributed by atoms with Crippen molar-refractivity contribution in [2.75, 3.05) is 5.32 Å². The molecule has 0 aliphatic carbocycles. The zero-order chi connectivity index (χ0) is 11.3. The molecule has 76 valence electrons. The molecule has 0 radical (unpaired) electrons. The summed E-state index contributed by atoms with van der Waals surface area (Å²) >= 11 is 4.68. The first kappa shape index (κ1) is 11.1. The van der Waals surface area contributed by atoms with Crippen molar-refractivity contribution in [1.82, 2.24) is 4.98 Å². The van der Waals surface area contributed by atoms with Crippen LogP contribution in [-0.2, 0) is 0 Å². The van der Waals surface area contributed by atoms with E-state index in [1.165, 1.54) is 6.20 Å². The van der Waals surface area contributed by atoms with Crippen LogP contribution in [0, 0.1) is 18.3 Å². The van der Waals surface area contributed by atoms with Gasteiger partial charge in [-0.05, 0) is 18.6 Å². The molecule has 1 rings (SSSR count). The number of nitrogens with zero attached hydrogens (tertiary/aromatic N) is 2. The summed E-state index contributed by atoms with van der Waals surface area (Å²) in [7, 11) is 0. The minimum atomic E-state index is 0.0668. The zero-order valence-electron chi connectivity index (χ0n) is 8.19. The number of rotatable bonds is 3. The first-order chi connectivity index (χ1) is 7.13. The molecule has 0 saturated carbocycles. The van der Waals surface area contributed by atoms with E-state index in [2.05, 4.69) is 22.5 Å². The van der Waals surface area contributed by atoms with Crippen LogP contribution in [-0.4, -0.2) is 9.97 Å². The standard InChI is InChI=1S/C10H10N4S/c1-7-2-3-9(13-5-7)14-6-8(4-11)10(12)15/h2-3,5-6H,1H3,(H2,12,15)(H,13,14). The van der Waals surface area contributed by atoms with E-state index in [-0.39, 0.29) is 10.6 Å². The van der Waals surface area contributed by atoms with Gasteiger partial charge in [-0.1, -0.05) is 18.3 Å². The van der Waals surface area contributed by atoms with Crippen molar-refractivity contribution in [2.45, 2.75) is 6.92 Å². The van der Waals surface area contributed by atoms with E-state index in [1.807, 2.05) is 19.1 Å². The van der Waals surface area contributed by atoms with Crippen molar-refractivity contribution in [3.63, 3.8) is 0 Å². The van der Waals surface area contributed by atoms with Crippen LogP contribution in [0.5, 0.6) is 0 Å². The summed E-state index contributed by atoms with van der Waals surface area (Å²) in [6.07, 6.45) is 3.17. The molecule has 0 aliphatic heterocycles. The summed E-state index contributed by atoms with van der Waals surface area (Å²) < 4.78 is 0. The molecule has 3 N–H and O–H groups in total. The Hall–Kier alpha value is -1.93.